The van der Waals surface area contributed by atoms with Crippen molar-refractivity contribution in [2.24, 2.45) is 0 Å². The van der Waals surface area contributed by atoms with Crippen molar-refractivity contribution in [3.8, 4) is 28.8 Å². The van der Waals surface area contributed by atoms with Crippen molar-refractivity contribution < 1.29 is 50.8 Å². The Hall–Kier alpha value is -4.95. The van der Waals surface area contributed by atoms with E-state index in [0.717, 1.165) is 4.68 Å². The summed E-state index contributed by atoms with van der Waals surface area (Å²) in [6, 6.07) is 11.0. The first-order valence-electron chi connectivity index (χ1n) is 13.0. The normalized spacial score (nSPS) is 17.7. The molecule has 0 saturated heterocycles. The maximum absolute atomic E-state index is 14.1. The Morgan fingerprint density at radius 3 is 2.58 bits per heavy atom. The zero-order valence-electron chi connectivity index (χ0n) is 22.1. The summed E-state index contributed by atoms with van der Waals surface area (Å²) in [5, 5.41) is 20.8. The van der Waals surface area contributed by atoms with Crippen LogP contribution in [0.3, 0.4) is 0 Å². The van der Waals surface area contributed by atoms with Crippen LogP contribution in [0, 0.1) is 0 Å². The van der Waals surface area contributed by atoms with Crippen LogP contribution in [0.4, 0.5) is 22.0 Å². The van der Waals surface area contributed by atoms with Gasteiger partial charge in [-0.25, -0.2) is 9.48 Å². The molecule has 0 spiro atoms. The monoisotopic (exact) mass is 604 g/mol. The van der Waals surface area contributed by atoms with Crippen LogP contribution in [0.5, 0.6) is 23.1 Å². The lowest BCUT2D eigenvalue weighted by Gasteiger charge is -2.26. The van der Waals surface area contributed by atoms with Crippen molar-refractivity contribution in [2.75, 3.05) is 0 Å². The van der Waals surface area contributed by atoms with Crippen LogP contribution < -0.4 is 18.9 Å². The van der Waals surface area contributed by atoms with E-state index in [2.05, 4.69) is 24.8 Å². The Labute approximate surface area is 239 Å². The molecule has 3 heterocycles. The van der Waals surface area contributed by atoms with E-state index >= 15 is 0 Å². The number of ether oxygens (including phenoxy) is 4. The van der Waals surface area contributed by atoms with Crippen LogP contribution in [0.25, 0.3) is 5.69 Å². The standard InChI is InChI=1S/C28H21F5N4O6/c1-14(16-7-10-20-22(11-16)43-28(32,33)42-20)40-23-12-17(13-34-35-23)37-24-19(25(36-37)27(29,30)31)3-2-4-21(24)41-18-8-5-15(6-9-18)26(38)39/h5-14,21H,2-4H2,1H3,(H,38,39)/t14-,21-/m0/s1. The second kappa shape index (κ2) is 10.4. The topological polar surface area (TPSA) is 118 Å². The summed E-state index contributed by atoms with van der Waals surface area (Å²) in [5.41, 5.74) is -0.317. The fraction of sp³-hybridized carbons (Fsp3) is 0.286. The molecule has 0 amide bonds. The molecule has 0 bridgehead atoms. The molecule has 15 heteroatoms. The lowest BCUT2D eigenvalue weighted by atomic mass is 9.93. The van der Waals surface area contributed by atoms with E-state index in [4.69, 9.17) is 14.6 Å². The SMILES string of the molecule is C[C@H](Oc1cc(-n2nc(C(F)(F)F)c3c2[C@@H](Oc2ccc(C(=O)O)cc2)CCC3)cnn1)c1ccc2c(c1)OC(F)(F)O2. The quantitative estimate of drug-likeness (QED) is 0.243. The minimum Gasteiger partial charge on any atom is -0.484 e. The number of hydrogen-bond donors (Lipinski definition) is 1. The van der Waals surface area contributed by atoms with Crippen molar-refractivity contribution in [3.05, 3.63) is 82.8 Å². The van der Waals surface area contributed by atoms with Gasteiger partial charge in [0.2, 0.25) is 5.88 Å². The Balaban J connectivity index is 1.31. The average Bonchev–Trinajstić information content (AvgIpc) is 3.50. The molecule has 10 nitrogen and oxygen atoms in total. The molecular formula is C28H21F5N4O6. The average molecular weight is 604 g/mol. The van der Waals surface area contributed by atoms with E-state index in [1.54, 1.807) is 6.92 Å². The van der Waals surface area contributed by atoms with Gasteiger partial charge in [0.15, 0.2) is 17.2 Å². The number of hydrogen-bond acceptors (Lipinski definition) is 8. The fourth-order valence-corrected chi connectivity index (χ4v) is 5.00. The van der Waals surface area contributed by atoms with Crippen molar-refractivity contribution in [1.82, 2.24) is 20.0 Å². The molecular weight excluding hydrogens is 583 g/mol. The van der Waals surface area contributed by atoms with Crippen molar-refractivity contribution in [2.45, 2.75) is 50.9 Å². The number of fused-ring (bicyclic) bond motifs is 2. The Kier molecular flexibility index (Phi) is 6.81. The van der Waals surface area contributed by atoms with Crippen LogP contribution in [0.15, 0.2) is 54.7 Å². The Morgan fingerprint density at radius 1 is 1.12 bits per heavy atom. The van der Waals surface area contributed by atoms with E-state index in [0.29, 0.717) is 18.4 Å². The van der Waals surface area contributed by atoms with Crippen LogP contribution in [-0.2, 0) is 12.6 Å². The number of alkyl halides is 5. The lowest BCUT2D eigenvalue weighted by Crippen LogP contribution is -2.25. The summed E-state index contributed by atoms with van der Waals surface area (Å²) in [5.74, 6) is -1.23. The molecule has 0 saturated carbocycles. The summed E-state index contributed by atoms with van der Waals surface area (Å²) < 4.78 is 90.9. The highest BCUT2D eigenvalue weighted by molar-refractivity contribution is 5.87. The van der Waals surface area contributed by atoms with Crippen molar-refractivity contribution in [3.63, 3.8) is 0 Å². The molecule has 6 rings (SSSR count). The van der Waals surface area contributed by atoms with Gasteiger partial charge in [0, 0.05) is 11.6 Å². The first-order chi connectivity index (χ1) is 20.4. The maximum atomic E-state index is 14.1. The number of benzene rings is 2. The maximum Gasteiger partial charge on any atom is 0.586 e. The van der Waals surface area contributed by atoms with Gasteiger partial charge in [-0.3, -0.25) is 0 Å². The number of carboxylic acids is 1. The minimum absolute atomic E-state index is 0.0179. The van der Waals surface area contributed by atoms with Gasteiger partial charge in [-0.05, 0) is 68.1 Å². The highest BCUT2D eigenvalue weighted by Crippen LogP contribution is 2.43. The number of nitrogens with zero attached hydrogens (tertiary/aromatic N) is 4. The summed E-state index contributed by atoms with van der Waals surface area (Å²) in [6.07, 6.45) is -8.01. The molecule has 1 aliphatic heterocycles. The fourth-order valence-electron chi connectivity index (χ4n) is 5.00. The molecule has 0 fully saturated rings. The highest BCUT2D eigenvalue weighted by atomic mass is 19.4. The molecule has 2 aromatic heterocycles. The number of carboxylic acid groups (broad SMARTS) is 1. The van der Waals surface area contributed by atoms with Crippen molar-refractivity contribution in [1.29, 1.82) is 0 Å². The van der Waals surface area contributed by atoms with Gasteiger partial charge in [-0.15, -0.1) is 13.9 Å². The zero-order chi connectivity index (χ0) is 30.5. The second-order valence-electron chi connectivity index (χ2n) is 9.84. The summed E-state index contributed by atoms with van der Waals surface area (Å²) >= 11 is 0. The molecule has 1 aliphatic carbocycles. The van der Waals surface area contributed by atoms with E-state index in [1.807, 2.05) is 0 Å². The van der Waals surface area contributed by atoms with E-state index in [-0.39, 0.29) is 52.1 Å². The van der Waals surface area contributed by atoms with Gasteiger partial charge >= 0.3 is 18.4 Å². The molecule has 2 aliphatic rings. The second-order valence-corrected chi connectivity index (χ2v) is 9.84. The third-order valence-corrected chi connectivity index (χ3v) is 6.92. The number of halogens is 5. The molecule has 2 atom stereocenters. The van der Waals surface area contributed by atoms with E-state index in [1.165, 1.54) is 54.7 Å². The van der Waals surface area contributed by atoms with Gasteiger partial charge in [-0.1, -0.05) is 6.07 Å². The third kappa shape index (κ3) is 5.61. The first-order valence-corrected chi connectivity index (χ1v) is 13.0. The Bertz CT molecular complexity index is 1690. The van der Waals surface area contributed by atoms with Crippen molar-refractivity contribution >= 4 is 5.97 Å². The molecule has 43 heavy (non-hydrogen) atoms. The summed E-state index contributed by atoms with van der Waals surface area (Å²) in [6.45, 7) is 1.61. The molecule has 1 N–H and O–H groups in total. The van der Waals surface area contributed by atoms with Gasteiger partial charge in [-0.2, -0.15) is 23.4 Å². The largest absolute Gasteiger partial charge is 0.586 e. The molecule has 0 unspecified atom stereocenters. The van der Waals surface area contributed by atoms with E-state index < -0.39 is 36.3 Å². The van der Waals surface area contributed by atoms with Crippen LogP contribution in [-0.4, -0.2) is 37.3 Å². The van der Waals surface area contributed by atoms with Gasteiger partial charge < -0.3 is 24.1 Å². The van der Waals surface area contributed by atoms with Gasteiger partial charge in [0.05, 0.1) is 23.1 Å². The van der Waals surface area contributed by atoms with Crippen LogP contribution in [0.1, 0.15) is 64.8 Å². The summed E-state index contributed by atoms with van der Waals surface area (Å²) in [7, 11) is 0. The van der Waals surface area contributed by atoms with Gasteiger partial charge in [0.25, 0.3) is 0 Å². The zero-order valence-corrected chi connectivity index (χ0v) is 22.1. The first kappa shape index (κ1) is 28.2. The number of rotatable bonds is 7. The van der Waals surface area contributed by atoms with Crippen LogP contribution in [0.2, 0.25) is 0 Å². The predicted octanol–water partition coefficient (Wildman–Crippen LogP) is 6.30. The smallest absolute Gasteiger partial charge is 0.484 e. The van der Waals surface area contributed by atoms with Gasteiger partial charge in [0.1, 0.15) is 18.0 Å². The predicted molar refractivity (Wildman–Crippen MR) is 136 cm³/mol. The molecule has 2 aromatic carbocycles. The third-order valence-electron chi connectivity index (χ3n) is 6.92. The molecule has 0 radical (unpaired) electrons. The molecule has 224 valence electrons. The number of aromatic nitrogens is 4. The number of carbonyl (C=O) groups is 1. The minimum atomic E-state index is -4.75. The lowest BCUT2D eigenvalue weighted by molar-refractivity contribution is -0.286. The highest BCUT2D eigenvalue weighted by Gasteiger charge is 2.44. The molecule has 4 aromatic rings. The summed E-state index contributed by atoms with van der Waals surface area (Å²) in [4.78, 5) is 11.2. The van der Waals surface area contributed by atoms with Crippen LogP contribution >= 0.6 is 0 Å². The Morgan fingerprint density at radius 2 is 1.86 bits per heavy atom. The van der Waals surface area contributed by atoms with E-state index in [9.17, 15) is 26.7 Å². The number of aromatic carboxylic acids is 1.